The van der Waals surface area contributed by atoms with Crippen LogP contribution < -0.4 is 10.0 Å². The minimum atomic E-state index is -3.68. The molecule has 1 amide bonds. The fraction of sp³-hybridized carbons (Fsp3) is 0.533. The molecule has 1 aromatic carbocycles. The first kappa shape index (κ1) is 16.9. The number of piperidine rings is 1. The van der Waals surface area contributed by atoms with E-state index in [-0.39, 0.29) is 16.8 Å². The van der Waals surface area contributed by atoms with Crippen LogP contribution in [-0.4, -0.2) is 51.4 Å². The number of rotatable bonds is 5. The molecule has 22 heavy (non-hydrogen) atoms. The highest BCUT2D eigenvalue weighted by Gasteiger charge is 2.28. The molecule has 1 aliphatic rings. The largest absolute Gasteiger partial charge is 0.340 e. The molecule has 1 aliphatic heterocycles. The molecule has 0 aliphatic carbocycles. The highest BCUT2D eigenvalue weighted by atomic mass is 32.2. The van der Waals surface area contributed by atoms with Gasteiger partial charge in [0.15, 0.2) is 0 Å². The van der Waals surface area contributed by atoms with E-state index in [1.165, 1.54) is 12.1 Å². The summed E-state index contributed by atoms with van der Waals surface area (Å²) in [5.74, 6) is -0.181. The summed E-state index contributed by atoms with van der Waals surface area (Å²) in [5.41, 5.74) is 0. The Morgan fingerprint density at radius 3 is 2.64 bits per heavy atom. The lowest BCUT2D eigenvalue weighted by Crippen LogP contribution is -2.53. The van der Waals surface area contributed by atoms with Crippen LogP contribution in [0.25, 0.3) is 0 Å². The third-order valence-corrected chi connectivity index (χ3v) is 5.45. The highest BCUT2D eigenvalue weighted by Crippen LogP contribution is 2.13. The number of carbonyl (C=O) groups is 1. The van der Waals surface area contributed by atoms with E-state index in [4.69, 9.17) is 0 Å². The Bertz CT molecular complexity index is 604. The van der Waals surface area contributed by atoms with Crippen LogP contribution in [0.4, 0.5) is 0 Å². The number of nitrogens with zero attached hydrogens (tertiary/aromatic N) is 1. The maximum absolute atomic E-state index is 12.4. The monoisotopic (exact) mass is 325 g/mol. The van der Waals surface area contributed by atoms with Crippen LogP contribution in [0.3, 0.4) is 0 Å². The molecule has 2 atom stereocenters. The zero-order valence-corrected chi connectivity index (χ0v) is 13.8. The second-order valence-electron chi connectivity index (χ2n) is 5.57. The van der Waals surface area contributed by atoms with Gasteiger partial charge in [0.05, 0.1) is 10.9 Å². The van der Waals surface area contributed by atoms with E-state index >= 15 is 0 Å². The number of carbonyl (C=O) groups excluding carboxylic acids is 1. The number of sulfonamides is 1. The highest BCUT2D eigenvalue weighted by molar-refractivity contribution is 7.89. The quantitative estimate of drug-likeness (QED) is 0.829. The Morgan fingerprint density at radius 2 is 2.00 bits per heavy atom. The van der Waals surface area contributed by atoms with Gasteiger partial charge in [-0.05, 0) is 38.9 Å². The van der Waals surface area contributed by atoms with Gasteiger partial charge < -0.3 is 10.2 Å². The van der Waals surface area contributed by atoms with Gasteiger partial charge in [-0.1, -0.05) is 18.2 Å². The molecule has 1 aromatic rings. The summed E-state index contributed by atoms with van der Waals surface area (Å²) >= 11 is 0. The van der Waals surface area contributed by atoms with Gasteiger partial charge in [0.25, 0.3) is 0 Å². The third kappa shape index (κ3) is 4.06. The van der Waals surface area contributed by atoms with Crippen LogP contribution in [0.15, 0.2) is 35.2 Å². The van der Waals surface area contributed by atoms with Crippen molar-refractivity contribution in [2.75, 3.05) is 20.1 Å². The summed E-state index contributed by atoms with van der Waals surface area (Å²) in [6.07, 6.45) is 1.96. The predicted molar refractivity (Wildman–Crippen MR) is 84.9 cm³/mol. The molecule has 2 unspecified atom stereocenters. The van der Waals surface area contributed by atoms with E-state index < -0.39 is 16.1 Å². The van der Waals surface area contributed by atoms with Crippen molar-refractivity contribution in [3.63, 3.8) is 0 Å². The van der Waals surface area contributed by atoms with Crippen LogP contribution >= 0.6 is 0 Å². The third-order valence-electron chi connectivity index (χ3n) is 3.90. The number of hydrogen-bond donors (Lipinski definition) is 2. The Balaban J connectivity index is 2.02. The van der Waals surface area contributed by atoms with Gasteiger partial charge in [0.2, 0.25) is 15.9 Å². The smallest absolute Gasteiger partial charge is 0.241 e. The number of hydrogen-bond acceptors (Lipinski definition) is 4. The van der Waals surface area contributed by atoms with Gasteiger partial charge in [-0.3, -0.25) is 4.79 Å². The number of amides is 1. The average Bonchev–Trinajstić information content (AvgIpc) is 2.54. The summed E-state index contributed by atoms with van der Waals surface area (Å²) in [6.45, 7) is 2.88. The zero-order chi connectivity index (χ0) is 16.2. The molecule has 0 radical (unpaired) electrons. The fourth-order valence-corrected chi connectivity index (χ4v) is 3.86. The summed E-state index contributed by atoms with van der Waals surface area (Å²) in [4.78, 5) is 14.3. The molecule has 1 heterocycles. The Hall–Kier alpha value is -1.44. The SMILES string of the molecule is CNC1CCCN(C(=O)C(C)NS(=O)(=O)c2ccccc2)C1. The Kier molecular flexibility index (Phi) is 5.55. The molecule has 2 N–H and O–H groups in total. The molecular weight excluding hydrogens is 302 g/mol. The van der Waals surface area contributed by atoms with E-state index in [1.54, 1.807) is 30.0 Å². The first-order valence-corrected chi connectivity index (χ1v) is 8.96. The van der Waals surface area contributed by atoms with E-state index in [9.17, 15) is 13.2 Å². The van der Waals surface area contributed by atoms with Gasteiger partial charge in [0.1, 0.15) is 0 Å². The number of likely N-dealkylation sites (N-methyl/N-ethyl adjacent to an activating group) is 1. The van der Waals surface area contributed by atoms with Crippen molar-refractivity contribution in [2.24, 2.45) is 0 Å². The van der Waals surface area contributed by atoms with E-state index in [2.05, 4.69) is 10.0 Å². The molecule has 0 spiro atoms. The minimum Gasteiger partial charge on any atom is -0.340 e. The standard InChI is InChI=1S/C15H23N3O3S/c1-12(15(19)18-10-6-7-13(11-18)16-2)17-22(20,21)14-8-4-3-5-9-14/h3-5,8-9,12-13,16-17H,6-7,10-11H2,1-2H3. The second-order valence-corrected chi connectivity index (χ2v) is 7.28. The first-order chi connectivity index (χ1) is 10.4. The zero-order valence-electron chi connectivity index (χ0n) is 13.0. The number of nitrogens with one attached hydrogen (secondary N) is 2. The van der Waals surface area contributed by atoms with Crippen LogP contribution in [0.1, 0.15) is 19.8 Å². The Morgan fingerprint density at radius 1 is 1.32 bits per heavy atom. The van der Waals surface area contributed by atoms with Crippen molar-refractivity contribution in [1.29, 1.82) is 0 Å². The van der Waals surface area contributed by atoms with Crippen molar-refractivity contribution < 1.29 is 13.2 Å². The topological polar surface area (TPSA) is 78.5 Å². The predicted octanol–water partition coefficient (Wildman–Crippen LogP) is 0.564. The molecule has 122 valence electrons. The maximum atomic E-state index is 12.4. The second kappa shape index (κ2) is 7.21. The summed E-state index contributed by atoms with van der Waals surface area (Å²) < 4.78 is 27.0. The van der Waals surface area contributed by atoms with Gasteiger partial charge in [0, 0.05) is 19.1 Å². The van der Waals surface area contributed by atoms with Crippen LogP contribution in [-0.2, 0) is 14.8 Å². The van der Waals surface area contributed by atoms with Gasteiger partial charge in [-0.15, -0.1) is 0 Å². The summed E-state index contributed by atoms with van der Waals surface area (Å²) in [6, 6.07) is 7.58. The minimum absolute atomic E-state index is 0.168. The van der Waals surface area contributed by atoms with Crippen molar-refractivity contribution in [2.45, 2.75) is 36.7 Å². The molecule has 0 bridgehead atoms. The summed E-state index contributed by atoms with van der Waals surface area (Å²) in [5, 5.41) is 3.17. The molecule has 0 aromatic heterocycles. The van der Waals surface area contributed by atoms with E-state index in [1.807, 2.05) is 7.05 Å². The Labute approximate surface area is 131 Å². The molecule has 1 saturated heterocycles. The van der Waals surface area contributed by atoms with Crippen LogP contribution in [0.2, 0.25) is 0 Å². The lowest BCUT2D eigenvalue weighted by molar-refractivity contribution is -0.133. The van der Waals surface area contributed by atoms with Gasteiger partial charge in [-0.2, -0.15) is 4.72 Å². The maximum Gasteiger partial charge on any atom is 0.241 e. The van der Waals surface area contributed by atoms with Crippen molar-refractivity contribution in [3.8, 4) is 0 Å². The molecule has 2 rings (SSSR count). The van der Waals surface area contributed by atoms with Gasteiger partial charge >= 0.3 is 0 Å². The first-order valence-electron chi connectivity index (χ1n) is 7.47. The number of likely N-dealkylation sites (tertiary alicyclic amines) is 1. The fourth-order valence-electron chi connectivity index (χ4n) is 2.64. The van der Waals surface area contributed by atoms with Crippen LogP contribution in [0.5, 0.6) is 0 Å². The average molecular weight is 325 g/mol. The molecule has 0 saturated carbocycles. The molecular formula is C15H23N3O3S. The lowest BCUT2D eigenvalue weighted by Gasteiger charge is -2.34. The van der Waals surface area contributed by atoms with E-state index in [0.29, 0.717) is 13.1 Å². The van der Waals surface area contributed by atoms with Gasteiger partial charge in [-0.25, -0.2) is 8.42 Å². The molecule has 6 nitrogen and oxygen atoms in total. The summed E-state index contributed by atoms with van der Waals surface area (Å²) in [7, 11) is -1.80. The number of benzene rings is 1. The molecule has 7 heteroatoms. The van der Waals surface area contributed by atoms with E-state index in [0.717, 1.165) is 12.8 Å². The van der Waals surface area contributed by atoms with Crippen molar-refractivity contribution in [3.05, 3.63) is 30.3 Å². The van der Waals surface area contributed by atoms with Crippen molar-refractivity contribution >= 4 is 15.9 Å². The van der Waals surface area contributed by atoms with Crippen LogP contribution in [0, 0.1) is 0 Å². The van der Waals surface area contributed by atoms with Crippen molar-refractivity contribution in [1.82, 2.24) is 14.9 Å². The molecule has 1 fully saturated rings. The normalized spacial score (nSPS) is 20.6. The lowest BCUT2D eigenvalue weighted by atomic mass is 10.1.